The van der Waals surface area contributed by atoms with Crippen molar-refractivity contribution >= 4 is 0 Å². The third-order valence-corrected chi connectivity index (χ3v) is 3.53. The molecule has 1 aliphatic heterocycles. The van der Waals surface area contributed by atoms with E-state index in [0.29, 0.717) is 6.04 Å². The highest BCUT2D eigenvalue weighted by atomic mass is 16.7. The Bertz CT molecular complexity index is 497. The molecule has 1 heterocycles. The van der Waals surface area contributed by atoms with E-state index in [-0.39, 0.29) is 6.10 Å². The van der Waals surface area contributed by atoms with Gasteiger partial charge < -0.3 is 0 Å². The Balaban J connectivity index is 1.81. The second-order valence-electron chi connectivity index (χ2n) is 4.71. The van der Waals surface area contributed by atoms with Gasteiger partial charge in [0.05, 0.1) is 6.04 Å². The third-order valence-electron chi connectivity index (χ3n) is 3.53. The summed E-state index contributed by atoms with van der Waals surface area (Å²) in [7, 11) is 2.01. The average Bonchev–Trinajstić information content (AvgIpc) is 2.83. The van der Waals surface area contributed by atoms with Crippen molar-refractivity contribution in [2.24, 2.45) is 0 Å². The van der Waals surface area contributed by atoms with E-state index in [4.69, 9.17) is 4.84 Å². The van der Waals surface area contributed by atoms with Crippen LogP contribution in [0.15, 0.2) is 60.7 Å². The molecule has 2 unspecified atom stereocenters. The van der Waals surface area contributed by atoms with E-state index < -0.39 is 0 Å². The summed E-state index contributed by atoms with van der Waals surface area (Å²) in [5.74, 6) is 0. The Morgan fingerprint density at radius 3 is 2.06 bits per heavy atom. The first-order valence-corrected chi connectivity index (χ1v) is 6.34. The topological polar surface area (TPSA) is 12.5 Å². The van der Waals surface area contributed by atoms with Crippen LogP contribution >= 0.6 is 0 Å². The first kappa shape index (κ1) is 11.5. The van der Waals surface area contributed by atoms with E-state index in [2.05, 4.69) is 48.5 Å². The van der Waals surface area contributed by atoms with Crippen molar-refractivity contribution in [1.82, 2.24) is 5.06 Å². The largest absolute Gasteiger partial charge is 0.291 e. The summed E-state index contributed by atoms with van der Waals surface area (Å²) >= 11 is 0. The maximum Gasteiger partial charge on any atom is 0.106 e. The molecular formula is C16H17NO. The highest BCUT2D eigenvalue weighted by molar-refractivity contribution is 5.23. The van der Waals surface area contributed by atoms with Gasteiger partial charge in [0.25, 0.3) is 0 Å². The first-order chi connectivity index (χ1) is 8.84. The molecule has 0 spiro atoms. The molecule has 0 aromatic heterocycles. The molecule has 18 heavy (non-hydrogen) atoms. The van der Waals surface area contributed by atoms with Crippen LogP contribution in [-0.2, 0) is 4.84 Å². The van der Waals surface area contributed by atoms with Crippen LogP contribution in [-0.4, -0.2) is 12.1 Å². The van der Waals surface area contributed by atoms with Crippen molar-refractivity contribution in [3.05, 3.63) is 71.8 Å². The number of benzene rings is 2. The Morgan fingerprint density at radius 1 is 0.889 bits per heavy atom. The summed E-state index contributed by atoms with van der Waals surface area (Å²) in [5.41, 5.74) is 2.57. The normalized spacial score (nSPS) is 24.3. The monoisotopic (exact) mass is 239 g/mol. The molecule has 92 valence electrons. The van der Waals surface area contributed by atoms with E-state index >= 15 is 0 Å². The molecule has 0 amide bonds. The number of rotatable bonds is 2. The second-order valence-corrected chi connectivity index (χ2v) is 4.71. The molecule has 1 aliphatic rings. The SMILES string of the molecule is CN1OC(c2ccccc2)CC1c1ccccc1. The summed E-state index contributed by atoms with van der Waals surface area (Å²) in [6.07, 6.45) is 1.17. The lowest BCUT2D eigenvalue weighted by Crippen LogP contribution is -2.16. The van der Waals surface area contributed by atoms with Crippen molar-refractivity contribution in [2.75, 3.05) is 7.05 Å². The minimum absolute atomic E-state index is 0.168. The highest BCUT2D eigenvalue weighted by Gasteiger charge is 2.32. The molecule has 3 rings (SSSR count). The molecule has 0 aliphatic carbocycles. The van der Waals surface area contributed by atoms with E-state index in [1.54, 1.807) is 0 Å². The average molecular weight is 239 g/mol. The third kappa shape index (κ3) is 2.17. The van der Waals surface area contributed by atoms with Crippen LogP contribution in [0.4, 0.5) is 0 Å². The molecule has 0 N–H and O–H groups in total. The van der Waals surface area contributed by atoms with Crippen molar-refractivity contribution < 1.29 is 4.84 Å². The molecule has 0 bridgehead atoms. The van der Waals surface area contributed by atoms with E-state index in [0.717, 1.165) is 6.42 Å². The van der Waals surface area contributed by atoms with Gasteiger partial charge in [-0.25, -0.2) is 0 Å². The number of hydrogen-bond donors (Lipinski definition) is 0. The molecule has 1 saturated heterocycles. The Kier molecular flexibility index (Phi) is 3.13. The fourth-order valence-electron chi connectivity index (χ4n) is 2.55. The summed E-state index contributed by atoms with van der Waals surface area (Å²) in [6, 6.07) is 21.3. The Hall–Kier alpha value is -1.64. The second kappa shape index (κ2) is 4.92. The van der Waals surface area contributed by atoms with E-state index in [1.165, 1.54) is 11.1 Å². The Labute approximate surface area is 108 Å². The minimum atomic E-state index is 0.168. The first-order valence-electron chi connectivity index (χ1n) is 6.34. The predicted molar refractivity (Wildman–Crippen MR) is 71.8 cm³/mol. The van der Waals surface area contributed by atoms with Crippen molar-refractivity contribution in [2.45, 2.75) is 18.6 Å². The molecule has 0 saturated carbocycles. The van der Waals surface area contributed by atoms with Gasteiger partial charge in [-0.05, 0) is 11.1 Å². The molecule has 1 fully saturated rings. The van der Waals surface area contributed by atoms with Crippen LogP contribution in [0.5, 0.6) is 0 Å². The van der Waals surface area contributed by atoms with Crippen LogP contribution in [0.25, 0.3) is 0 Å². The van der Waals surface area contributed by atoms with Crippen molar-refractivity contribution in [3.8, 4) is 0 Å². The van der Waals surface area contributed by atoms with Gasteiger partial charge in [-0.15, -0.1) is 0 Å². The lowest BCUT2D eigenvalue weighted by Gasteiger charge is -2.17. The summed E-state index contributed by atoms with van der Waals surface area (Å²) in [5, 5.41) is 1.98. The van der Waals surface area contributed by atoms with Crippen molar-refractivity contribution in [1.29, 1.82) is 0 Å². The van der Waals surface area contributed by atoms with Crippen LogP contribution in [0.3, 0.4) is 0 Å². The minimum Gasteiger partial charge on any atom is -0.291 e. The van der Waals surface area contributed by atoms with Crippen LogP contribution in [0.1, 0.15) is 29.7 Å². The fraction of sp³-hybridized carbons (Fsp3) is 0.250. The molecule has 2 aromatic rings. The number of nitrogens with zero attached hydrogens (tertiary/aromatic N) is 1. The van der Waals surface area contributed by atoms with E-state index in [9.17, 15) is 0 Å². The van der Waals surface area contributed by atoms with Crippen LogP contribution in [0, 0.1) is 0 Å². The van der Waals surface area contributed by atoms with Gasteiger partial charge in [-0.3, -0.25) is 4.84 Å². The van der Waals surface area contributed by atoms with E-state index in [1.807, 2.05) is 24.2 Å². The maximum absolute atomic E-state index is 5.95. The van der Waals surface area contributed by atoms with Gasteiger partial charge >= 0.3 is 0 Å². The van der Waals surface area contributed by atoms with Gasteiger partial charge in [0.2, 0.25) is 0 Å². The number of hydrogen-bond acceptors (Lipinski definition) is 2. The number of hydroxylamine groups is 2. The molecular weight excluding hydrogens is 222 g/mol. The maximum atomic E-state index is 5.95. The molecule has 2 atom stereocenters. The summed E-state index contributed by atoms with van der Waals surface area (Å²) in [4.78, 5) is 5.95. The van der Waals surface area contributed by atoms with Crippen LogP contribution in [0.2, 0.25) is 0 Å². The Morgan fingerprint density at radius 2 is 1.44 bits per heavy atom. The lowest BCUT2D eigenvalue weighted by molar-refractivity contribution is -0.145. The lowest BCUT2D eigenvalue weighted by atomic mass is 9.98. The predicted octanol–water partition coefficient (Wildman–Crippen LogP) is 3.74. The smallest absolute Gasteiger partial charge is 0.106 e. The molecule has 0 radical (unpaired) electrons. The highest BCUT2D eigenvalue weighted by Crippen LogP contribution is 2.40. The summed E-state index contributed by atoms with van der Waals surface area (Å²) in [6.45, 7) is 0. The summed E-state index contributed by atoms with van der Waals surface area (Å²) < 4.78 is 0. The van der Waals surface area contributed by atoms with Gasteiger partial charge in [0.15, 0.2) is 0 Å². The zero-order valence-electron chi connectivity index (χ0n) is 10.5. The molecule has 2 heteroatoms. The van der Waals surface area contributed by atoms with Gasteiger partial charge in [-0.2, -0.15) is 5.06 Å². The van der Waals surface area contributed by atoms with Gasteiger partial charge in [0, 0.05) is 13.5 Å². The van der Waals surface area contributed by atoms with Gasteiger partial charge in [-0.1, -0.05) is 60.7 Å². The fourth-order valence-corrected chi connectivity index (χ4v) is 2.55. The molecule has 2 nitrogen and oxygen atoms in total. The van der Waals surface area contributed by atoms with Crippen molar-refractivity contribution in [3.63, 3.8) is 0 Å². The quantitative estimate of drug-likeness (QED) is 0.791. The standard InChI is InChI=1S/C16H17NO/c1-17-15(13-8-4-2-5-9-13)12-16(18-17)14-10-6-3-7-11-14/h2-11,15-16H,12H2,1H3. The van der Waals surface area contributed by atoms with Gasteiger partial charge in [0.1, 0.15) is 6.10 Å². The molecule has 2 aromatic carbocycles. The van der Waals surface area contributed by atoms with Crippen LogP contribution < -0.4 is 0 Å². The zero-order chi connectivity index (χ0) is 12.4. The zero-order valence-corrected chi connectivity index (χ0v) is 10.5.